The summed E-state index contributed by atoms with van der Waals surface area (Å²) in [5.41, 5.74) is 2.12. The Morgan fingerprint density at radius 3 is 2.48 bits per heavy atom. The van der Waals surface area contributed by atoms with Crippen LogP contribution in [-0.2, 0) is 9.47 Å². The molecule has 2 heterocycles. The van der Waals surface area contributed by atoms with Crippen LogP contribution in [-0.4, -0.2) is 47.2 Å². The molecule has 27 heavy (non-hydrogen) atoms. The summed E-state index contributed by atoms with van der Waals surface area (Å²) in [5, 5.41) is 0. The Kier molecular flexibility index (Phi) is 5.35. The highest BCUT2D eigenvalue weighted by molar-refractivity contribution is 6.05. The highest BCUT2D eigenvalue weighted by Gasteiger charge is 2.27. The summed E-state index contributed by atoms with van der Waals surface area (Å²) in [6, 6.07) is 4.91. The normalized spacial score (nSPS) is 10.6. The first kappa shape index (κ1) is 18.4. The van der Waals surface area contributed by atoms with E-state index in [0.29, 0.717) is 16.9 Å². The predicted octanol–water partition coefficient (Wildman–Crippen LogP) is 2.99. The van der Waals surface area contributed by atoms with Crippen LogP contribution in [0.2, 0.25) is 0 Å². The van der Waals surface area contributed by atoms with Crippen LogP contribution >= 0.6 is 0 Å². The second-order valence-corrected chi connectivity index (χ2v) is 5.49. The molecule has 0 amide bonds. The molecule has 0 fully saturated rings. The Labute approximate surface area is 155 Å². The highest BCUT2D eigenvalue weighted by atomic mass is 16.5. The summed E-state index contributed by atoms with van der Waals surface area (Å²) in [6.07, 6.45) is 3.27. The Balaban J connectivity index is 2.23. The third kappa shape index (κ3) is 3.46. The number of aromatic nitrogens is 3. The van der Waals surface area contributed by atoms with Gasteiger partial charge in [0, 0.05) is 11.8 Å². The molecule has 8 nitrogen and oxygen atoms in total. The summed E-state index contributed by atoms with van der Waals surface area (Å²) in [7, 11) is 1.38. The number of imidazole rings is 1. The third-order valence-corrected chi connectivity index (χ3v) is 3.88. The van der Waals surface area contributed by atoms with Crippen molar-refractivity contribution >= 4 is 23.0 Å². The summed E-state index contributed by atoms with van der Waals surface area (Å²) in [4.78, 5) is 36.6. The minimum absolute atomic E-state index is 0.0861. The fourth-order valence-corrected chi connectivity index (χ4v) is 2.75. The van der Waals surface area contributed by atoms with Gasteiger partial charge in [0.1, 0.15) is 22.7 Å². The van der Waals surface area contributed by atoms with Gasteiger partial charge in [-0.3, -0.25) is 4.98 Å². The first-order valence-electron chi connectivity index (χ1n) is 8.46. The number of carbonyl (C=O) groups excluding carboxylic acids is 2. The Bertz CT molecular complexity index is 963. The van der Waals surface area contributed by atoms with E-state index in [9.17, 15) is 9.59 Å². The number of carbonyl (C=O) groups is 2. The van der Waals surface area contributed by atoms with Crippen molar-refractivity contribution in [3.05, 3.63) is 41.7 Å². The molecular weight excluding hydrogens is 350 g/mol. The lowest BCUT2D eigenvalue weighted by molar-refractivity contribution is 0.0518. The van der Waals surface area contributed by atoms with Gasteiger partial charge in [-0.15, -0.1) is 0 Å². The topological polar surface area (TPSA) is 103 Å². The molecule has 0 aliphatic carbocycles. The monoisotopic (exact) mass is 369 g/mol. The number of methoxy groups -OCH3 is 1. The second-order valence-electron chi connectivity index (χ2n) is 5.49. The van der Waals surface area contributed by atoms with E-state index in [1.165, 1.54) is 7.11 Å². The van der Waals surface area contributed by atoms with Gasteiger partial charge in [-0.1, -0.05) is 0 Å². The van der Waals surface area contributed by atoms with Gasteiger partial charge in [-0.05, 0) is 32.0 Å². The van der Waals surface area contributed by atoms with Gasteiger partial charge < -0.3 is 19.2 Å². The molecule has 1 aromatic carbocycles. The average molecular weight is 369 g/mol. The lowest BCUT2D eigenvalue weighted by Gasteiger charge is -2.15. The molecule has 0 radical (unpaired) electrons. The van der Waals surface area contributed by atoms with Crippen molar-refractivity contribution in [3.63, 3.8) is 0 Å². The van der Waals surface area contributed by atoms with Crippen molar-refractivity contribution in [2.45, 2.75) is 13.8 Å². The molecule has 0 unspecified atom stereocenters. The van der Waals surface area contributed by atoms with E-state index in [1.807, 2.05) is 0 Å². The number of ether oxygens (including phenoxy) is 3. The van der Waals surface area contributed by atoms with Crippen LogP contribution in [0, 0.1) is 0 Å². The summed E-state index contributed by atoms with van der Waals surface area (Å²) in [6.45, 7) is 3.78. The van der Waals surface area contributed by atoms with Crippen LogP contribution in [0.4, 0.5) is 0 Å². The average Bonchev–Trinajstić information content (AvgIpc) is 3.11. The maximum atomic E-state index is 12.7. The van der Waals surface area contributed by atoms with Crippen molar-refractivity contribution in [2.24, 2.45) is 0 Å². The van der Waals surface area contributed by atoms with E-state index in [-0.39, 0.29) is 30.1 Å². The first-order chi connectivity index (χ1) is 13.1. The first-order valence-corrected chi connectivity index (χ1v) is 8.46. The minimum atomic E-state index is -0.617. The van der Waals surface area contributed by atoms with E-state index in [0.717, 1.165) is 5.52 Å². The largest absolute Gasteiger partial charge is 0.495 e. The number of nitrogens with one attached hydrogen (secondary N) is 1. The fourth-order valence-electron chi connectivity index (χ4n) is 2.75. The highest BCUT2D eigenvalue weighted by Crippen LogP contribution is 2.34. The molecular formula is C19H19N3O5. The van der Waals surface area contributed by atoms with Gasteiger partial charge in [0.15, 0.2) is 0 Å². The van der Waals surface area contributed by atoms with Crippen LogP contribution in [0.1, 0.15) is 34.6 Å². The molecule has 3 aromatic rings. The zero-order valence-electron chi connectivity index (χ0n) is 15.2. The molecule has 0 aliphatic rings. The van der Waals surface area contributed by atoms with E-state index in [1.54, 1.807) is 44.4 Å². The molecule has 2 aromatic heterocycles. The molecule has 0 saturated carbocycles. The van der Waals surface area contributed by atoms with Gasteiger partial charge in [-0.2, -0.15) is 0 Å². The summed E-state index contributed by atoms with van der Waals surface area (Å²) < 4.78 is 15.6. The zero-order valence-corrected chi connectivity index (χ0v) is 15.2. The quantitative estimate of drug-likeness (QED) is 0.666. The number of nitrogens with zero attached hydrogens (tertiary/aromatic N) is 2. The zero-order chi connectivity index (χ0) is 19.4. The van der Waals surface area contributed by atoms with Gasteiger partial charge >= 0.3 is 11.9 Å². The van der Waals surface area contributed by atoms with Gasteiger partial charge in [0.2, 0.25) is 0 Å². The number of esters is 2. The van der Waals surface area contributed by atoms with E-state index >= 15 is 0 Å². The van der Waals surface area contributed by atoms with Crippen molar-refractivity contribution in [1.29, 1.82) is 0 Å². The number of hydrogen-bond donors (Lipinski definition) is 1. The third-order valence-electron chi connectivity index (χ3n) is 3.88. The van der Waals surface area contributed by atoms with Crippen LogP contribution in [0.5, 0.6) is 5.75 Å². The molecule has 140 valence electrons. The summed E-state index contributed by atoms with van der Waals surface area (Å²) >= 11 is 0. The molecule has 8 heteroatoms. The lowest BCUT2D eigenvalue weighted by Crippen LogP contribution is -2.14. The van der Waals surface area contributed by atoms with E-state index in [4.69, 9.17) is 14.2 Å². The number of aromatic amines is 1. The molecule has 1 N–H and O–H groups in total. The second kappa shape index (κ2) is 7.86. The summed E-state index contributed by atoms with van der Waals surface area (Å²) in [5.74, 6) is -0.674. The van der Waals surface area contributed by atoms with Crippen molar-refractivity contribution < 1.29 is 23.8 Å². The van der Waals surface area contributed by atoms with Gasteiger partial charge in [0.05, 0.1) is 37.6 Å². The molecule has 0 atom stereocenters. The number of benzene rings is 1. The number of pyridine rings is 1. The smallest absolute Gasteiger partial charge is 0.342 e. The standard InChI is InChI=1S/C19H19N3O5/c1-4-26-18(23)12-7-6-11(15(16(12)25-3)19(24)27-5-2)17-21-13-8-9-20-10-14(13)22-17/h6-10H,4-5H2,1-3H3,(H,21,22). The van der Waals surface area contributed by atoms with E-state index < -0.39 is 11.9 Å². The maximum absolute atomic E-state index is 12.7. The van der Waals surface area contributed by atoms with Gasteiger partial charge in [0.25, 0.3) is 0 Å². The molecule has 0 saturated heterocycles. The Hall–Kier alpha value is -3.42. The van der Waals surface area contributed by atoms with E-state index in [2.05, 4.69) is 15.0 Å². The molecule has 0 spiro atoms. The number of rotatable bonds is 6. The number of fused-ring (bicyclic) bond motifs is 1. The van der Waals surface area contributed by atoms with Gasteiger partial charge in [-0.25, -0.2) is 14.6 Å². The molecule has 0 aliphatic heterocycles. The Morgan fingerprint density at radius 1 is 1.07 bits per heavy atom. The van der Waals surface area contributed by atoms with Crippen LogP contribution in [0.15, 0.2) is 30.6 Å². The predicted molar refractivity (Wildman–Crippen MR) is 97.8 cm³/mol. The number of hydrogen-bond acceptors (Lipinski definition) is 7. The van der Waals surface area contributed by atoms with Crippen molar-refractivity contribution in [3.8, 4) is 17.1 Å². The minimum Gasteiger partial charge on any atom is -0.495 e. The Morgan fingerprint density at radius 2 is 1.81 bits per heavy atom. The fraction of sp³-hybridized carbons (Fsp3) is 0.263. The number of H-pyrrole nitrogens is 1. The molecule has 0 bridgehead atoms. The van der Waals surface area contributed by atoms with Crippen LogP contribution in [0.3, 0.4) is 0 Å². The van der Waals surface area contributed by atoms with Crippen LogP contribution < -0.4 is 4.74 Å². The van der Waals surface area contributed by atoms with Crippen molar-refractivity contribution in [2.75, 3.05) is 20.3 Å². The van der Waals surface area contributed by atoms with Crippen molar-refractivity contribution in [1.82, 2.24) is 15.0 Å². The maximum Gasteiger partial charge on any atom is 0.342 e. The molecule has 3 rings (SSSR count). The van der Waals surface area contributed by atoms with Crippen LogP contribution in [0.25, 0.3) is 22.4 Å². The lowest BCUT2D eigenvalue weighted by atomic mass is 10.0. The SMILES string of the molecule is CCOC(=O)c1ccc(-c2nc3ccncc3[nH]2)c(C(=O)OCC)c1OC.